The van der Waals surface area contributed by atoms with Crippen LogP contribution in [-0.4, -0.2) is 37.3 Å². The van der Waals surface area contributed by atoms with Crippen LogP contribution in [0.4, 0.5) is 13.2 Å². The number of aryl methyl sites for hydroxylation is 1. The van der Waals surface area contributed by atoms with Crippen molar-refractivity contribution < 1.29 is 22.5 Å². The van der Waals surface area contributed by atoms with Crippen LogP contribution in [0.15, 0.2) is 27.7 Å². The second kappa shape index (κ2) is 10.2. The van der Waals surface area contributed by atoms with Crippen molar-refractivity contribution >= 4 is 23.0 Å². The molecule has 0 aliphatic rings. The van der Waals surface area contributed by atoms with Crippen molar-refractivity contribution in [3.05, 3.63) is 34.8 Å². The molecule has 1 unspecified atom stereocenters. The average Bonchev–Trinajstić information content (AvgIpc) is 3.01. The summed E-state index contributed by atoms with van der Waals surface area (Å²) >= 11 is -1.42. The first-order valence-electron chi connectivity index (χ1n) is 10.6. The maximum absolute atomic E-state index is 13.5. The van der Waals surface area contributed by atoms with Gasteiger partial charge in [-0.2, -0.15) is 18.4 Å². The number of aliphatic imine (C=N–C) groups is 1. The molecule has 0 N–H and O–H groups in total. The molecule has 0 saturated heterocycles. The lowest BCUT2D eigenvalue weighted by Crippen LogP contribution is -2.26. The van der Waals surface area contributed by atoms with Crippen molar-refractivity contribution in [3.63, 3.8) is 0 Å². The van der Waals surface area contributed by atoms with Gasteiger partial charge in [-0.3, -0.25) is 4.99 Å². The predicted molar refractivity (Wildman–Crippen MR) is 128 cm³/mol. The molecule has 0 aliphatic heterocycles. The lowest BCUT2D eigenvalue weighted by molar-refractivity contribution is -0.0913. The molecule has 0 fully saturated rings. The Labute approximate surface area is 201 Å². The molecule has 2 aromatic rings. The van der Waals surface area contributed by atoms with Crippen LogP contribution in [-0.2, 0) is 18.2 Å². The standard InChI is InChI=1S/C24H29F3N4O2S/c1-9-34(32)20-12-19(33-23(6,7)13-28)15(4)10-17(20)22-30-18(16(5)31(22)8)11-21(24(25,26)27)29-14(2)3/h10-12H,9H2,1-8H3/b21-11-. The second-order valence-electron chi connectivity index (χ2n) is 8.52. The summed E-state index contributed by atoms with van der Waals surface area (Å²) in [6, 6.07) is 5.42. The molecule has 2 rings (SSSR count). The van der Waals surface area contributed by atoms with E-state index in [1.165, 1.54) is 13.8 Å². The van der Waals surface area contributed by atoms with E-state index in [0.717, 1.165) is 6.08 Å². The first kappa shape index (κ1) is 27.5. The van der Waals surface area contributed by atoms with Gasteiger partial charge < -0.3 is 13.9 Å². The first-order valence-corrected chi connectivity index (χ1v) is 11.9. The molecule has 1 aromatic carbocycles. The van der Waals surface area contributed by atoms with Crippen LogP contribution in [0.5, 0.6) is 5.75 Å². The van der Waals surface area contributed by atoms with Gasteiger partial charge in [-0.1, -0.05) is 0 Å². The zero-order chi connectivity index (χ0) is 26.0. The summed E-state index contributed by atoms with van der Waals surface area (Å²) in [6.07, 6.45) is -3.72. The Morgan fingerprint density at radius 3 is 2.41 bits per heavy atom. The van der Waals surface area contributed by atoms with E-state index in [-0.39, 0.29) is 11.4 Å². The summed E-state index contributed by atoms with van der Waals surface area (Å²) in [5.41, 5.74) is -0.0603. The third kappa shape index (κ3) is 6.21. The monoisotopic (exact) mass is 494 g/mol. The molecule has 0 aliphatic carbocycles. The Morgan fingerprint density at radius 1 is 1.29 bits per heavy atom. The number of allylic oxidation sites excluding steroid dienone is 1. The van der Waals surface area contributed by atoms with Gasteiger partial charge in [0.2, 0.25) is 0 Å². The van der Waals surface area contributed by atoms with Gasteiger partial charge in [0.1, 0.15) is 29.1 Å². The van der Waals surface area contributed by atoms with E-state index < -0.39 is 28.7 Å². The summed E-state index contributed by atoms with van der Waals surface area (Å²) in [6.45, 7) is 11.4. The van der Waals surface area contributed by atoms with Crippen LogP contribution < -0.4 is 4.74 Å². The molecule has 0 saturated carbocycles. The van der Waals surface area contributed by atoms with Gasteiger partial charge in [0, 0.05) is 24.5 Å². The maximum Gasteiger partial charge on any atom is 0.433 e. The van der Waals surface area contributed by atoms with E-state index in [0.29, 0.717) is 39.0 Å². The number of halogens is 3. The normalized spacial score (nSPS) is 13.4. The molecular weight excluding hydrogens is 465 g/mol. The molecule has 0 bridgehead atoms. The van der Waals surface area contributed by atoms with Gasteiger partial charge in [-0.05, 0) is 77.3 Å². The smallest absolute Gasteiger partial charge is 0.433 e. The number of benzene rings is 1. The molecule has 1 heterocycles. The number of imidazole rings is 1. The van der Waals surface area contributed by atoms with E-state index in [9.17, 15) is 23.0 Å². The van der Waals surface area contributed by atoms with Gasteiger partial charge in [-0.15, -0.1) is 0 Å². The topological polar surface area (TPSA) is 86.3 Å². The van der Waals surface area contributed by atoms with Crippen molar-refractivity contribution in [2.75, 3.05) is 5.75 Å². The van der Waals surface area contributed by atoms with Crippen LogP contribution in [0.25, 0.3) is 17.5 Å². The van der Waals surface area contributed by atoms with Gasteiger partial charge in [0.15, 0.2) is 10.5 Å². The number of rotatable bonds is 7. The Balaban J connectivity index is 2.75. The Morgan fingerprint density at radius 2 is 1.91 bits per heavy atom. The Hall–Kier alpha value is -2.77. The quantitative estimate of drug-likeness (QED) is 0.354. The molecule has 184 valence electrons. The number of ether oxygens (including phenoxy) is 1. The van der Waals surface area contributed by atoms with Crippen LogP contribution in [0, 0.1) is 25.2 Å². The highest BCUT2D eigenvalue weighted by Crippen LogP contribution is 2.36. The highest BCUT2D eigenvalue weighted by Gasteiger charge is 2.34. The highest BCUT2D eigenvalue weighted by atomic mass is 32.2. The summed E-state index contributed by atoms with van der Waals surface area (Å²) in [5.74, 6) is 1.09. The summed E-state index contributed by atoms with van der Waals surface area (Å²) in [5, 5.41) is 9.31. The third-order valence-electron chi connectivity index (χ3n) is 4.99. The zero-order valence-electron chi connectivity index (χ0n) is 20.6. The van der Waals surface area contributed by atoms with Crippen molar-refractivity contribution in [2.45, 2.75) is 65.1 Å². The summed E-state index contributed by atoms with van der Waals surface area (Å²) in [7, 11) is 1.69. The molecule has 10 heteroatoms. The number of hydrogen-bond donors (Lipinski definition) is 0. The third-order valence-corrected chi connectivity index (χ3v) is 6.34. The molecule has 1 atom stereocenters. The average molecular weight is 495 g/mol. The number of aromatic nitrogens is 2. The van der Waals surface area contributed by atoms with Crippen molar-refractivity contribution in [1.29, 1.82) is 5.26 Å². The fraction of sp³-hybridized carbons (Fsp3) is 0.458. The van der Waals surface area contributed by atoms with Crippen LogP contribution in [0.1, 0.15) is 51.6 Å². The SMILES string of the molecule is CC[S+]([O-])c1cc(OC(C)(C)C#N)c(C)cc1-c1nc(/C=C(\N=C(C)C)C(F)(F)F)c(C)n1C. The molecule has 6 nitrogen and oxygen atoms in total. The van der Waals surface area contributed by atoms with Crippen molar-refractivity contribution in [3.8, 4) is 23.2 Å². The Bertz CT molecular complexity index is 1170. The second-order valence-corrected chi connectivity index (χ2v) is 10.2. The molecule has 0 spiro atoms. The minimum atomic E-state index is -4.64. The largest absolute Gasteiger partial charge is 0.611 e. The van der Waals surface area contributed by atoms with Crippen LogP contribution in [0.3, 0.4) is 0 Å². The minimum Gasteiger partial charge on any atom is -0.611 e. The van der Waals surface area contributed by atoms with Crippen molar-refractivity contribution in [2.24, 2.45) is 12.0 Å². The minimum absolute atomic E-state index is 0.117. The van der Waals surface area contributed by atoms with Gasteiger partial charge in [0.05, 0.1) is 11.3 Å². The maximum atomic E-state index is 13.5. The van der Waals surface area contributed by atoms with E-state index in [1.807, 2.05) is 0 Å². The lowest BCUT2D eigenvalue weighted by Gasteiger charge is -2.22. The summed E-state index contributed by atoms with van der Waals surface area (Å²) < 4.78 is 61.0. The highest BCUT2D eigenvalue weighted by molar-refractivity contribution is 7.91. The number of hydrogen-bond acceptors (Lipinski definition) is 5. The van der Waals surface area contributed by atoms with E-state index in [4.69, 9.17) is 4.74 Å². The molecule has 1 aromatic heterocycles. The van der Waals surface area contributed by atoms with E-state index >= 15 is 0 Å². The van der Waals surface area contributed by atoms with Crippen LogP contribution >= 0.6 is 0 Å². The first-order chi connectivity index (χ1) is 15.6. The number of alkyl halides is 3. The Kier molecular flexibility index (Phi) is 8.27. The van der Waals surface area contributed by atoms with Gasteiger partial charge in [0.25, 0.3) is 0 Å². The fourth-order valence-corrected chi connectivity index (χ4v) is 4.07. The van der Waals surface area contributed by atoms with Crippen LogP contribution in [0.2, 0.25) is 0 Å². The van der Waals surface area contributed by atoms with Crippen molar-refractivity contribution in [1.82, 2.24) is 9.55 Å². The fourth-order valence-electron chi connectivity index (χ4n) is 3.12. The molecule has 0 amide bonds. The van der Waals surface area contributed by atoms with E-state index in [1.54, 1.807) is 58.4 Å². The molecule has 0 radical (unpaired) electrons. The number of nitrogens with zero attached hydrogens (tertiary/aromatic N) is 4. The van der Waals surface area contributed by atoms with Gasteiger partial charge in [-0.25, -0.2) is 4.98 Å². The van der Waals surface area contributed by atoms with E-state index in [2.05, 4.69) is 16.0 Å². The van der Waals surface area contributed by atoms with Gasteiger partial charge >= 0.3 is 6.18 Å². The molecule has 34 heavy (non-hydrogen) atoms. The summed E-state index contributed by atoms with van der Waals surface area (Å²) in [4.78, 5) is 8.53. The lowest BCUT2D eigenvalue weighted by atomic mass is 10.1. The number of nitriles is 1. The zero-order valence-corrected chi connectivity index (χ0v) is 21.4. The predicted octanol–water partition coefficient (Wildman–Crippen LogP) is 5.90. The molecular formula is C24H29F3N4O2S.